The number of aromatic nitrogens is 2. The molecule has 0 aliphatic carbocycles. The maximum Gasteiger partial charge on any atom is 0.525 e. The van der Waals surface area contributed by atoms with Crippen molar-refractivity contribution in [2.24, 2.45) is 0 Å². The molecule has 0 saturated carbocycles. The fourth-order valence-corrected chi connectivity index (χ4v) is 2.61. The van der Waals surface area contributed by atoms with Crippen LogP contribution < -0.4 is 0 Å². The second-order valence-electron chi connectivity index (χ2n) is 7.02. The van der Waals surface area contributed by atoms with Crippen molar-refractivity contribution in [1.82, 2.24) is 14.7 Å². The van der Waals surface area contributed by atoms with Gasteiger partial charge in [-0.15, -0.1) is 0 Å². The number of nitrogens with zero attached hydrogens (tertiary/aromatic N) is 3. The summed E-state index contributed by atoms with van der Waals surface area (Å²) in [6.45, 7) is 8.64. The largest absolute Gasteiger partial charge is 0.525 e. The lowest BCUT2D eigenvalue weighted by atomic mass is 9.87. The molecule has 0 aromatic carbocycles. The highest BCUT2D eigenvalue weighted by atomic mass is 19.1. The maximum absolute atomic E-state index is 14.6. The van der Waals surface area contributed by atoms with Crippen LogP contribution in [0.25, 0.3) is 6.08 Å². The van der Waals surface area contributed by atoms with Crippen molar-refractivity contribution in [2.75, 3.05) is 13.6 Å². The number of hydrogen-bond donors (Lipinski definition) is 0. The summed E-state index contributed by atoms with van der Waals surface area (Å²) < 4.78 is 27.6. The lowest BCUT2D eigenvalue weighted by Crippen LogP contribution is -2.41. The van der Waals surface area contributed by atoms with Gasteiger partial charge in [0.25, 0.3) is 5.91 Å². The zero-order chi connectivity index (χ0) is 17.0. The molecule has 2 aliphatic heterocycles. The molecule has 1 aromatic heterocycles. The minimum atomic E-state index is -1.08. The summed E-state index contributed by atoms with van der Waals surface area (Å²) in [6.07, 6.45) is 2.77. The van der Waals surface area contributed by atoms with Gasteiger partial charge in [0.15, 0.2) is 0 Å². The van der Waals surface area contributed by atoms with E-state index in [1.54, 1.807) is 16.6 Å². The van der Waals surface area contributed by atoms with Crippen molar-refractivity contribution in [3.8, 4) is 0 Å². The van der Waals surface area contributed by atoms with Crippen LogP contribution >= 0.6 is 0 Å². The highest BCUT2D eigenvalue weighted by molar-refractivity contribution is 6.54. The van der Waals surface area contributed by atoms with Gasteiger partial charge in [-0.25, -0.2) is 4.39 Å². The van der Waals surface area contributed by atoms with Crippen molar-refractivity contribution >= 4 is 19.1 Å². The van der Waals surface area contributed by atoms with E-state index in [0.29, 0.717) is 24.3 Å². The molecule has 23 heavy (non-hydrogen) atoms. The molecule has 0 unspecified atom stereocenters. The van der Waals surface area contributed by atoms with Gasteiger partial charge < -0.3 is 14.2 Å². The summed E-state index contributed by atoms with van der Waals surface area (Å²) in [6, 6.07) is 0. The van der Waals surface area contributed by atoms with Gasteiger partial charge in [0.05, 0.1) is 23.9 Å². The predicted molar refractivity (Wildman–Crippen MR) is 84.4 cm³/mol. The monoisotopic (exact) mass is 321 g/mol. The molecule has 1 aromatic rings. The van der Waals surface area contributed by atoms with E-state index < -0.39 is 24.0 Å². The smallest absolute Gasteiger partial charge is 0.398 e. The summed E-state index contributed by atoms with van der Waals surface area (Å²) in [5, 5.41) is 4.15. The summed E-state index contributed by atoms with van der Waals surface area (Å²) in [7, 11) is 0.642. The van der Waals surface area contributed by atoms with E-state index in [4.69, 9.17) is 9.31 Å². The number of fused-ring (bicyclic) bond motifs is 1. The molecule has 0 spiro atoms. The predicted octanol–water partition coefficient (Wildman–Crippen LogP) is 1.91. The van der Waals surface area contributed by atoms with E-state index >= 15 is 0 Å². The molecule has 124 valence electrons. The topological polar surface area (TPSA) is 56.6 Å². The van der Waals surface area contributed by atoms with Crippen LogP contribution in [-0.2, 0) is 15.9 Å². The quantitative estimate of drug-likeness (QED) is 0.781. The third-order valence-corrected chi connectivity index (χ3v) is 4.84. The summed E-state index contributed by atoms with van der Waals surface area (Å²) in [5.74, 6) is -0.165. The Hall–Kier alpha value is -1.67. The highest BCUT2D eigenvalue weighted by Crippen LogP contribution is 2.39. The Morgan fingerprint density at radius 1 is 1.30 bits per heavy atom. The standard InChI is InChI=1S/C15H21BFN3O3/c1-14(2)15(3,4)23-16(22-14)11(17)8-10-9-18-20-7-6-19(5)13(21)12(10)20/h8-9H,6-7H2,1-5H3. The number of rotatable bonds is 2. The van der Waals surface area contributed by atoms with Gasteiger partial charge in [0, 0.05) is 19.2 Å². The van der Waals surface area contributed by atoms with Crippen LogP contribution in [0.1, 0.15) is 43.7 Å². The average molecular weight is 321 g/mol. The van der Waals surface area contributed by atoms with E-state index in [2.05, 4.69) is 5.10 Å². The maximum atomic E-state index is 14.6. The molecule has 3 heterocycles. The molecule has 3 rings (SSSR count). The number of carbonyl (C=O) groups is 1. The van der Waals surface area contributed by atoms with E-state index in [9.17, 15) is 9.18 Å². The fraction of sp³-hybridized carbons (Fsp3) is 0.600. The van der Waals surface area contributed by atoms with Crippen LogP contribution in [0.5, 0.6) is 0 Å². The fourth-order valence-electron chi connectivity index (χ4n) is 2.61. The number of halogens is 1. The molecule has 8 heteroatoms. The van der Waals surface area contributed by atoms with E-state index in [-0.39, 0.29) is 5.91 Å². The Balaban J connectivity index is 1.89. The zero-order valence-corrected chi connectivity index (χ0v) is 14.1. The second-order valence-corrected chi connectivity index (χ2v) is 7.02. The molecule has 0 bridgehead atoms. The molecule has 2 aliphatic rings. The van der Waals surface area contributed by atoms with Crippen molar-refractivity contribution < 1.29 is 18.5 Å². The Labute approximate surface area is 135 Å². The molecule has 0 N–H and O–H groups in total. The normalized spacial score (nSPS) is 23.4. The third-order valence-electron chi connectivity index (χ3n) is 4.84. The number of hydrogen-bond acceptors (Lipinski definition) is 4. The molecule has 1 fully saturated rings. The van der Waals surface area contributed by atoms with Gasteiger partial charge in [-0.3, -0.25) is 9.48 Å². The molecule has 0 atom stereocenters. The Morgan fingerprint density at radius 2 is 1.91 bits per heavy atom. The minimum Gasteiger partial charge on any atom is -0.398 e. The van der Waals surface area contributed by atoms with Crippen molar-refractivity contribution in [1.29, 1.82) is 0 Å². The van der Waals surface area contributed by atoms with Gasteiger partial charge >= 0.3 is 7.12 Å². The Kier molecular flexibility index (Phi) is 3.64. The first kappa shape index (κ1) is 16.2. The van der Waals surface area contributed by atoms with Gasteiger partial charge in [-0.1, -0.05) is 0 Å². The minimum absolute atomic E-state index is 0.165. The third kappa shape index (κ3) is 2.59. The molecule has 0 radical (unpaired) electrons. The van der Waals surface area contributed by atoms with E-state index in [0.717, 1.165) is 0 Å². The first-order valence-corrected chi connectivity index (χ1v) is 7.66. The van der Waals surface area contributed by atoms with Gasteiger partial charge in [0.1, 0.15) is 11.4 Å². The molecule has 1 amide bonds. The van der Waals surface area contributed by atoms with E-state index in [1.807, 2.05) is 27.7 Å². The molecule has 1 saturated heterocycles. The van der Waals surface area contributed by atoms with Gasteiger partial charge in [-0.2, -0.15) is 5.10 Å². The highest BCUT2D eigenvalue weighted by Gasteiger charge is 2.53. The van der Waals surface area contributed by atoms with Gasteiger partial charge in [-0.05, 0) is 33.8 Å². The van der Waals surface area contributed by atoms with Crippen molar-refractivity contribution in [3.63, 3.8) is 0 Å². The lowest BCUT2D eigenvalue weighted by Gasteiger charge is -2.32. The number of amides is 1. The lowest BCUT2D eigenvalue weighted by molar-refractivity contribution is 0.00578. The van der Waals surface area contributed by atoms with Crippen LogP contribution in [-0.4, -0.2) is 52.5 Å². The first-order valence-electron chi connectivity index (χ1n) is 7.66. The summed E-state index contributed by atoms with van der Waals surface area (Å²) in [4.78, 5) is 13.9. The Bertz CT molecular complexity index is 668. The van der Waals surface area contributed by atoms with Crippen LogP contribution in [0.15, 0.2) is 11.9 Å². The van der Waals surface area contributed by atoms with Crippen LogP contribution in [0, 0.1) is 0 Å². The first-order chi connectivity index (χ1) is 10.6. The zero-order valence-electron chi connectivity index (χ0n) is 14.1. The SMILES string of the molecule is CN1CCn2ncc(C=C(F)B3OC(C)(C)C(C)(C)O3)c2C1=O. The molecular formula is C15H21BFN3O3. The molecule has 6 nitrogen and oxygen atoms in total. The van der Waals surface area contributed by atoms with Crippen LogP contribution in [0.2, 0.25) is 0 Å². The Morgan fingerprint density at radius 3 is 2.52 bits per heavy atom. The van der Waals surface area contributed by atoms with Crippen molar-refractivity contribution in [3.05, 3.63) is 23.2 Å². The average Bonchev–Trinajstić information content (AvgIpc) is 2.94. The summed E-state index contributed by atoms with van der Waals surface area (Å²) in [5.41, 5.74) is -0.964. The van der Waals surface area contributed by atoms with Gasteiger partial charge in [0.2, 0.25) is 0 Å². The van der Waals surface area contributed by atoms with Crippen LogP contribution in [0.4, 0.5) is 4.39 Å². The summed E-state index contributed by atoms with van der Waals surface area (Å²) >= 11 is 0. The second kappa shape index (κ2) is 5.17. The number of carbonyl (C=O) groups excluding carboxylic acids is 1. The van der Waals surface area contributed by atoms with E-state index in [1.165, 1.54) is 12.3 Å². The molecular weight excluding hydrogens is 300 g/mol. The van der Waals surface area contributed by atoms with Crippen molar-refractivity contribution in [2.45, 2.75) is 45.4 Å². The number of likely N-dealkylation sites (N-methyl/N-ethyl adjacent to an activating group) is 1. The van der Waals surface area contributed by atoms with Crippen LogP contribution in [0.3, 0.4) is 0 Å².